The SMILES string of the molecule is CCOC(=O)c1ccc(NC(=O)C(C)Oc2cccc(Cl)c2)c(Cl)c1. The Morgan fingerprint density at radius 3 is 2.56 bits per heavy atom. The summed E-state index contributed by atoms with van der Waals surface area (Å²) in [5, 5.41) is 3.41. The molecule has 0 aliphatic rings. The highest BCUT2D eigenvalue weighted by Gasteiger charge is 2.17. The molecular weight excluding hydrogens is 365 g/mol. The number of anilines is 1. The first kappa shape index (κ1) is 19.1. The summed E-state index contributed by atoms with van der Waals surface area (Å²) in [7, 11) is 0. The highest BCUT2D eigenvalue weighted by molar-refractivity contribution is 6.34. The van der Waals surface area contributed by atoms with Gasteiger partial charge in [0.15, 0.2) is 6.10 Å². The van der Waals surface area contributed by atoms with Gasteiger partial charge in [-0.15, -0.1) is 0 Å². The van der Waals surface area contributed by atoms with Gasteiger partial charge in [-0.05, 0) is 50.2 Å². The van der Waals surface area contributed by atoms with E-state index < -0.39 is 12.1 Å². The van der Waals surface area contributed by atoms with Crippen molar-refractivity contribution in [3.63, 3.8) is 0 Å². The van der Waals surface area contributed by atoms with Crippen LogP contribution in [0, 0.1) is 0 Å². The van der Waals surface area contributed by atoms with Crippen LogP contribution in [0.2, 0.25) is 10.0 Å². The first-order valence-corrected chi connectivity index (χ1v) is 8.36. The molecule has 0 bridgehead atoms. The molecule has 1 amide bonds. The molecule has 0 radical (unpaired) electrons. The molecule has 2 aromatic rings. The molecule has 1 atom stereocenters. The molecule has 5 nitrogen and oxygen atoms in total. The maximum Gasteiger partial charge on any atom is 0.338 e. The molecule has 0 saturated carbocycles. The largest absolute Gasteiger partial charge is 0.481 e. The predicted molar refractivity (Wildman–Crippen MR) is 97.6 cm³/mol. The Kier molecular flexibility index (Phi) is 6.67. The fourth-order valence-electron chi connectivity index (χ4n) is 1.99. The van der Waals surface area contributed by atoms with Crippen molar-refractivity contribution in [2.24, 2.45) is 0 Å². The lowest BCUT2D eigenvalue weighted by molar-refractivity contribution is -0.122. The third kappa shape index (κ3) is 5.37. The molecule has 0 spiro atoms. The van der Waals surface area contributed by atoms with Gasteiger partial charge in [-0.3, -0.25) is 4.79 Å². The van der Waals surface area contributed by atoms with E-state index in [9.17, 15) is 9.59 Å². The molecule has 0 aromatic heterocycles. The van der Waals surface area contributed by atoms with Gasteiger partial charge in [0.05, 0.1) is 22.9 Å². The maximum absolute atomic E-state index is 12.3. The van der Waals surface area contributed by atoms with Crippen molar-refractivity contribution in [3.8, 4) is 5.75 Å². The van der Waals surface area contributed by atoms with E-state index in [0.29, 0.717) is 22.0 Å². The Labute approximate surface area is 155 Å². The zero-order valence-electron chi connectivity index (χ0n) is 13.7. The third-order valence-corrected chi connectivity index (χ3v) is 3.76. The maximum atomic E-state index is 12.3. The number of halogens is 2. The fourth-order valence-corrected chi connectivity index (χ4v) is 2.40. The molecule has 2 aromatic carbocycles. The number of hydrogen-bond donors (Lipinski definition) is 1. The second-order valence-electron chi connectivity index (χ2n) is 5.12. The van der Waals surface area contributed by atoms with Gasteiger partial charge in [0, 0.05) is 5.02 Å². The number of ether oxygens (including phenoxy) is 2. The molecule has 0 heterocycles. The second kappa shape index (κ2) is 8.74. The van der Waals surface area contributed by atoms with Crippen LogP contribution in [0.1, 0.15) is 24.2 Å². The van der Waals surface area contributed by atoms with Crippen molar-refractivity contribution in [2.75, 3.05) is 11.9 Å². The topological polar surface area (TPSA) is 64.6 Å². The van der Waals surface area contributed by atoms with Crippen LogP contribution < -0.4 is 10.1 Å². The zero-order valence-corrected chi connectivity index (χ0v) is 15.2. The normalized spacial score (nSPS) is 11.5. The first-order valence-electron chi connectivity index (χ1n) is 7.60. The number of benzene rings is 2. The molecule has 7 heteroatoms. The lowest BCUT2D eigenvalue weighted by Crippen LogP contribution is -2.30. The third-order valence-electron chi connectivity index (χ3n) is 3.22. The first-order chi connectivity index (χ1) is 11.9. The lowest BCUT2D eigenvalue weighted by atomic mass is 10.2. The van der Waals surface area contributed by atoms with Crippen molar-refractivity contribution in [3.05, 3.63) is 58.1 Å². The standard InChI is InChI=1S/C18H17Cl2NO4/c1-3-24-18(23)12-7-8-16(15(20)9-12)21-17(22)11(2)25-14-6-4-5-13(19)10-14/h4-11H,3H2,1-2H3,(H,21,22). The molecule has 0 saturated heterocycles. The summed E-state index contributed by atoms with van der Waals surface area (Å²) in [5.74, 6) is -0.371. The van der Waals surface area contributed by atoms with Crippen LogP contribution in [0.4, 0.5) is 5.69 Å². The van der Waals surface area contributed by atoms with Crippen LogP contribution in [0.25, 0.3) is 0 Å². The number of hydrogen-bond acceptors (Lipinski definition) is 4. The lowest BCUT2D eigenvalue weighted by Gasteiger charge is -2.15. The predicted octanol–water partition coefficient (Wildman–Crippen LogP) is 4.58. The average Bonchev–Trinajstić information content (AvgIpc) is 2.56. The van der Waals surface area contributed by atoms with Gasteiger partial charge in [-0.25, -0.2) is 4.79 Å². The summed E-state index contributed by atoms with van der Waals surface area (Å²) in [4.78, 5) is 23.9. The van der Waals surface area contributed by atoms with E-state index in [0.717, 1.165) is 0 Å². The molecule has 1 unspecified atom stereocenters. The van der Waals surface area contributed by atoms with Crippen LogP contribution >= 0.6 is 23.2 Å². The van der Waals surface area contributed by atoms with E-state index >= 15 is 0 Å². The van der Waals surface area contributed by atoms with E-state index in [2.05, 4.69) is 5.32 Å². The smallest absolute Gasteiger partial charge is 0.338 e. The summed E-state index contributed by atoms with van der Waals surface area (Å²) in [5.41, 5.74) is 0.689. The van der Waals surface area contributed by atoms with Gasteiger partial charge >= 0.3 is 5.97 Å². The Morgan fingerprint density at radius 1 is 1.16 bits per heavy atom. The number of nitrogens with one attached hydrogen (secondary N) is 1. The highest BCUT2D eigenvalue weighted by Crippen LogP contribution is 2.24. The molecule has 0 fully saturated rings. The number of carbonyl (C=O) groups is 2. The number of carbonyl (C=O) groups excluding carboxylic acids is 2. The zero-order chi connectivity index (χ0) is 18.4. The van der Waals surface area contributed by atoms with Crippen LogP contribution in [0.15, 0.2) is 42.5 Å². The highest BCUT2D eigenvalue weighted by atomic mass is 35.5. The van der Waals surface area contributed by atoms with Gasteiger partial charge in [0.1, 0.15) is 5.75 Å². The van der Waals surface area contributed by atoms with E-state index in [4.69, 9.17) is 32.7 Å². The summed E-state index contributed by atoms with van der Waals surface area (Å²) < 4.78 is 10.5. The Morgan fingerprint density at radius 2 is 1.92 bits per heavy atom. The number of amides is 1. The van der Waals surface area contributed by atoms with Gasteiger partial charge in [0.25, 0.3) is 5.91 Å². The van der Waals surface area contributed by atoms with Gasteiger partial charge < -0.3 is 14.8 Å². The molecular formula is C18H17Cl2NO4. The van der Waals surface area contributed by atoms with E-state index in [1.54, 1.807) is 44.2 Å². The number of rotatable bonds is 6. The van der Waals surface area contributed by atoms with Crippen molar-refractivity contribution >= 4 is 40.8 Å². The summed E-state index contributed by atoms with van der Waals surface area (Å²) in [6.45, 7) is 3.60. The van der Waals surface area contributed by atoms with Crippen LogP contribution in [0.5, 0.6) is 5.75 Å². The average molecular weight is 382 g/mol. The quantitative estimate of drug-likeness (QED) is 0.743. The van der Waals surface area contributed by atoms with Crippen molar-refractivity contribution in [1.29, 1.82) is 0 Å². The van der Waals surface area contributed by atoms with E-state index in [1.165, 1.54) is 12.1 Å². The molecule has 0 aliphatic heterocycles. The Bertz CT molecular complexity index is 779. The van der Waals surface area contributed by atoms with Gasteiger partial charge in [0.2, 0.25) is 0 Å². The monoisotopic (exact) mass is 381 g/mol. The molecule has 132 valence electrons. The summed E-state index contributed by atoms with van der Waals surface area (Å²) >= 11 is 12.0. The van der Waals surface area contributed by atoms with E-state index in [-0.39, 0.29) is 17.5 Å². The minimum Gasteiger partial charge on any atom is -0.481 e. The van der Waals surface area contributed by atoms with Gasteiger partial charge in [-0.2, -0.15) is 0 Å². The Balaban J connectivity index is 2.03. The molecule has 0 aliphatic carbocycles. The van der Waals surface area contributed by atoms with Crippen molar-refractivity contribution in [2.45, 2.75) is 20.0 Å². The van der Waals surface area contributed by atoms with Crippen LogP contribution in [0.3, 0.4) is 0 Å². The minimum absolute atomic E-state index is 0.230. The second-order valence-corrected chi connectivity index (χ2v) is 5.97. The fraction of sp³-hybridized carbons (Fsp3) is 0.222. The van der Waals surface area contributed by atoms with Crippen LogP contribution in [-0.2, 0) is 9.53 Å². The molecule has 2 rings (SSSR count). The molecule has 25 heavy (non-hydrogen) atoms. The van der Waals surface area contributed by atoms with E-state index in [1.807, 2.05) is 0 Å². The minimum atomic E-state index is -0.765. The van der Waals surface area contributed by atoms with Crippen molar-refractivity contribution in [1.82, 2.24) is 0 Å². The Hall–Kier alpha value is -2.24. The van der Waals surface area contributed by atoms with Crippen molar-refractivity contribution < 1.29 is 19.1 Å². The van der Waals surface area contributed by atoms with Gasteiger partial charge in [-0.1, -0.05) is 29.3 Å². The summed E-state index contributed by atoms with van der Waals surface area (Å²) in [6.07, 6.45) is -0.765. The molecule has 1 N–H and O–H groups in total. The number of esters is 1. The van der Waals surface area contributed by atoms with Crippen LogP contribution in [-0.4, -0.2) is 24.6 Å². The summed E-state index contributed by atoms with van der Waals surface area (Å²) in [6, 6.07) is 11.3.